The molecule has 0 saturated heterocycles. The number of fused-ring (bicyclic) bond motifs is 5. The first-order valence-corrected chi connectivity index (χ1v) is 12.6. The van der Waals surface area contributed by atoms with E-state index in [1.165, 1.54) is 32.1 Å². The van der Waals surface area contributed by atoms with Crippen molar-refractivity contribution in [2.24, 2.45) is 40.4 Å². The molecule has 0 spiro atoms. The summed E-state index contributed by atoms with van der Waals surface area (Å²) in [5.74, 6) is 3.70. The molecule has 0 N–H and O–H groups in total. The second kappa shape index (κ2) is 8.10. The molecule has 0 bridgehead atoms. The number of ether oxygens (including phenoxy) is 1. The lowest BCUT2D eigenvalue weighted by Crippen LogP contribution is -2.54. The van der Waals surface area contributed by atoms with E-state index < -0.39 is 0 Å². The molecule has 4 rings (SSSR count). The lowest BCUT2D eigenvalue weighted by Gasteiger charge is -2.60. The van der Waals surface area contributed by atoms with Gasteiger partial charge >= 0.3 is 5.97 Å². The van der Waals surface area contributed by atoms with E-state index >= 15 is 0 Å². The molecule has 0 radical (unpaired) electrons. The van der Waals surface area contributed by atoms with Crippen molar-refractivity contribution < 1.29 is 14.3 Å². The van der Waals surface area contributed by atoms with Crippen LogP contribution in [0, 0.1) is 40.4 Å². The van der Waals surface area contributed by atoms with Gasteiger partial charge in [0.1, 0.15) is 6.10 Å². The maximum atomic E-state index is 12.3. The molecule has 30 heavy (non-hydrogen) atoms. The minimum atomic E-state index is 0.00761. The largest absolute Gasteiger partial charge is 0.462 e. The number of esters is 1. The van der Waals surface area contributed by atoms with Gasteiger partial charge in [0.15, 0.2) is 5.78 Å². The van der Waals surface area contributed by atoms with Gasteiger partial charge in [-0.3, -0.25) is 9.59 Å². The first kappa shape index (κ1) is 22.1. The normalized spacial score (nSPS) is 42.7. The summed E-state index contributed by atoms with van der Waals surface area (Å²) in [5.41, 5.74) is 1.61. The third kappa shape index (κ3) is 3.69. The van der Waals surface area contributed by atoms with Gasteiger partial charge in [-0.25, -0.2) is 0 Å². The maximum Gasteiger partial charge on any atom is 0.306 e. The molecule has 0 heterocycles. The van der Waals surface area contributed by atoms with E-state index in [4.69, 9.17) is 4.74 Å². The summed E-state index contributed by atoms with van der Waals surface area (Å²) in [6.07, 6.45) is 13.3. The number of Topliss-reactive ketones (excluding diaryl/α,β-unsaturated/α-hetero) is 1. The smallest absolute Gasteiger partial charge is 0.306 e. The Bertz CT molecular complexity index is 722. The van der Waals surface area contributed by atoms with Crippen molar-refractivity contribution >= 4 is 11.8 Å². The molecule has 4 aliphatic rings. The van der Waals surface area contributed by atoms with Gasteiger partial charge in [-0.2, -0.15) is 0 Å². The van der Waals surface area contributed by atoms with Crippen LogP contribution in [-0.2, 0) is 14.3 Å². The first-order chi connectivity index (χ1) is 14.1. The third-order valence-electron chi connectivity index (χ3n) is 9.80. The number of ketones is 1. The molecular weight excluding hydrogens is 372 g/mol. The Morgan fingerprint density at radius 3 is 2.57 bits per heavy atom. The predicted molar refractivity (Wildman–Crippen MR) is 120 cm³/mol. The molecule has 0 amide bonds. The Morgan fingerprint density at radius 1 is 1.10 bits per heavy atom. The van der Waals surface area contributed by atoms with E-state index in [0.29, 0.717) is 29.6 Å². The molecule has 0 aromatic carbocycles. The minimum Gasteiger partial charge on any atom is -0.462 e. The maximum absolute atomic E-state index is 12.3. The fourth-order valence-electron chi connectivity index (χ4n) is 8.09. The van der Waals surface area contributed by atoms with Crippen LogP contribution in [0.5, 0.6) is 0 Å². The highest BCUT2D eigenvalue weighted by atomic mass is 16.5. The third-order valence-corrected chi connectivity index (χ3v) is 9.80. The van der Waals surface area contributed by atoms with Gasteiger partial charge in [-0.1, -0.05) is 33.8 Å². The highest BCUT2D eigenvalue weighted by Crippen LogP contribution is 2.66. The van der Waals surface area contributed by atoms with Crippen LogP contribution < -0.4 is 0 Å². The molecule has 3 fully saturated rings. The monoisotopic (exact) mass is 414 g/mol. The molecule has 0 aliphatic heterocycles. The Morgan fingerprint density at radius 2 is 1.87 bits per heavy atom. The van der Waals surface area contributed by atoms with Gasteiger partial charge in [0, 0.05) is 6.42 Å². The number of carbonyl (C=O) groups is 2. The second-order valence-electron chi connectivity index (χ2n) is 11.8. The van der Waals surface area contributed by atoms with Crippen molar-refractivity contribution in [1.82, 2.24) is 0 Å². The summed E-state index contributed by atoms with van der Waals surface area (Å²) in [6, 6.07) is 0. The van der Waals surface area contributed by atoms with Gasteiger partial charge < -0.3 is 4.74 Å². The molecule has 168 valence electrons. The number of hydrogen-bond donors (Lipinski definition) is 0. The van der Waals surface area contributed by atoms with Gasteiger partial charge in [-0.05, 0) is 111 Å². The summed E-state index contributed by atoms with van der Waals surface area (Å²) < 4.78 is 5.91. The van der Waals surface area contributed by atoms with Gasteiger partial charge in [0.2, 0.25) is 0 Å². The molecule has 7 atom stereocenters. The Hall–Kier alpha value is -1.12. The van der Waals surface area contributed by atoms with E-state index in [9.17, 15) is 9.59 Å². The first-order valence-electron chi connectivity index (χ1n) is 12.6. The quantitative estimate of drug-likeness (QED) is 0.482. The van der Waals surface area contributed by atoms with E-state index in [2.05, 4.69) is 33.8 Å². The molecule has 0 aromatic heterocycles. The molecule has 3 heteroatoms. The van der Waals surface area contributed by atoms with E-state index in [0.717, 1.165) is 43.1 Å². The average molecular weight is 415 g/mol. The second-order valence-corrected chi connectivity index (χ2v) is 11.8. The highest BCUT2D eigenvalue weighted by molar-refractivity contribution is 5.95. The van der Waals surface area contributed by atoms with Crippen molar-refractivity contribution in [3.05, 3.63) is 11.6 Å². The lowest BCUT2D eigenvalue weighted by atomic mass is 9.44. The van der Waals surface area contributed by atoms with Crippen molar-refractivity contribution in [1.29, 1.82) is 0 Å². The van der Waals surface area contributed by atoms with Crippen LogP contribution in [-0.4, -0.2) is 17.9 Å². The Balaban J connectivity index is 1.42. The van der Waals surface area contributed by atoms with Crippen molar-refractivity contribution in [2.75, 3.05) is 0 Å². The highest BCUT2D eigenvalue weighted by Gasteiger charge is 2.59. The molecule has 4 aliphatic carbocycles. The summed E-state index contributed by atoms with van der Waals surface area (Å²) >= 11 is 0. The summed E-state index contributed by atoms with van der Waals surface area (Å²) in [5, 5.41) is 0. The predicted octanol–water partition coefficient (Wildman–Crippen LogP) is 6.50. The van der Waals surface area contributed by atoms with E-state index in [-0.39, 0.29) is 23.3 Å². The Labute approximate surface area is 183 Å². The zero-order valence-corrected chi connectivity index (χ0v) is 19.8. The van der Waals surface area contributed by atoms with Crippen molar-refractivity contribution in [2.45, 2.75) is 105 Å². The van der Waals surface area contributed by atoms with Gasteiger partial charge in [0.05, 0.1) is 0 Å². The molecule has 0 aromatic rings. The standard InChI is InChI=1S/C27H42O3/c1-17(2)6-11-25(29)30-20-12-14-26(4)19(16-20)7-8-21-23-10-9-22(18(3)28)27(23,5)15-13-24(21)26/h9,17,19-21,23-24H,6-8,10-16H2,1-5H3/t19-,20-,21-,23+,24+,26-,27+/m0/s1. The molecule has 3 nitrogen and oxygen atoms in total. The van der Waals surface area contributed by atoms with Crippen LogP contribution in [0.3, 0.4) is 0 Å². The van der Waals surface area contributed by atoms with Crippen LogP contribution in [0.25, 0.3) is 0 Å². The average Bonchev–Trinajstić information content (AvgIpc) is 3.04. The molecular formula is C27H42O3. The molecule has 0 unspecified atom stereocenters. The van der Waals surface area contributed by atoms with Crippen LogP contribution in [0.15, 0.2) is 11.6 Å². The fraction of sp³-hybridized carbons (Fsp3) is 0.852. The van der Waals surface area contributed by atoms with Crippen LogP contribution >= 0.6 is 0 Å². The number of carbonyl (C=O) groups excluding carboxylic acids is 2. The van der Waals surface area contributed by atoms with Crippen LogP contribution in [0.1, 0.15) is 98.8 Å². The summed E-state index contributed by atoms with van der Waals surface area (Å²) in [4.78, 5) is 24.5. The zero-order valence-electron chi connectivity index (χ0n) is 19.8. The summed E-state index contributed by atoms with van der Waals surface area (Å²) in [6.45, 7) is 11.0. The van der Waals surface area contributed by atoms with E-state index in [1.807, 2.05) is 0 Å². The van der Waals surface area contributed by atoms with Crippen molar-refractivity contribution in [3.63, 3.8) is 0 Å². The number of rotatable bonds is 5. The SMILES string of the molecule is CC(=O)C1=CC[C@@H]2[C@@H]3CC[C@H]4C[C@@H](OC(=O)CCC(C)C)CC[C@]4(C)[C@@H]3CC[C@]12C. The topological polar surface area (TPSA) is 43.4 Å². The fourth-order valence-corrected chi connectivity index (χ4v) is 8.09. The summed E-state index contributed by atoms with van der Waals surface area (Å²) in [7, 11) is 0. The minimum absolute atomic E-state index is 0.00761. The lowest BCUT2D eigenvalue weighted by molar-refractivity contribution is -0.161. The number of hydrogen-bond acceptors (Lipinski definition) is 3. The van der Waals surface area contributed by atoms with E-state index in [1.54, 1.807) is 6.92 Å². The number of allylic oxidation sites excluding steroid dienone is 2. The Kier molecular flexibility index (Phi) is 5.96. The van der Waals surface area contributed by atoms with Gasteiger partial charge in [-0.15, -0.1) is 0 Å². The van der Waals surface area contributed by atoms with Gasteiger partial charge in [0.25, 0.3) is 0 Å². The van der Waals surface area contributed by atoms with Crippen LogP contribution in [0.4, 0.5) is 0 Å². The molecule has 3 saturated carbocycles. The van der Waals surface area contributed by atoms with Crippen molar-refractivity contribution in [3.8, 4) is 0 Å². The van der Waals surface area contributed by atoms with Crippen LogP contribution in [0.2, 0.25) is 0 Å². The zero-order chi connectivity index (χ0) is 21.7.